The molecule has 1 aliphatic heterocycles. The van der Waals surface area contributed by atoms with Gasteiger partial charge in [-0.25, -0.2) is 0 Å². The van der Waals surface area contributed by atoms with Gasteiger partial charge in [0.2, 0.25) is 5.91 Å². The summed E-state index contributed by atoms with van der Waals surface area (Å²) in [6.07, 6.45) is 0. The molecule has 12 heavy (non-hydrogen) atoms. The fourth-order valence-corrected chi connectivity index (χ4v) is 1.76. The third-order valence-electron chi connectivity index (χ3n) is 1.65. The Balaban J connectivity index is 2.71. The zero-order valence-electron chi connectivity index (χ0n) is 7.59. The Hall–Kier alpha value is -0.510. The molecule has 0 radical (unpaired) electrons. The summed E-state index contributed by atoms with van der Waals surface area (Å²) in [5.41, 5.74) is -0.444. The summed E-state index contributed by atoms with van der Waals surface area (Å²) in [4.78, 5) is 24.0. The Labute approximate surface area is 76.5 Å². The number of amides is 2. The van der Waals surface area contributed by atoms with Crippen molar-refractivity contribution in [2.24, 2.45) is 5.41 Å². The molecule has 1 aliphatic rings. The van der Waals surface area contributed by atoms with E-state index in [1.165, 1.54) is 16.7 Å². The van der Waals surface area contributed by atoms with Crippen LogP contribution in [-0.2, 0) is 4.79 Å². The lowest BCUT2D eigenvalue weighted by Gasteiger charge is -2.22. The molecule has 2 amide bonds. The third-order valence-corrected chi connectivity index (χ3v) is 2.50. The number of carbonyl (C=O) groups is 2. The SMILES string of the molecule is CC(C)(C)C(=O)N1CCSC1=O. The van der Waals surface area contributed by atoms with Crippen LogP contribution in [0.15, 0.2) is 0 Å². The molecule has 0 aromatic rings. The highest BCUT2D eigenvalue weighted by Gasteiger charge is 2.34. The zero-order chi connectivity index (χ0) is 9.35. The van der Waals surface area contributed by atoms with Crippen LogP contribution in [0.2, 0.25) is 0 Å². The highest BCUT2D eigenvalue weighted by atomic mass is 32.2. The van der Waals surface area contributed by atoms with Crippen molar-refractivity contribution >= 4 is 22.9 Å². The zero-order valence-corrected chi connectivity index (χ0v) is 8.40. The van der Waals surface area contributed by atoms with Crippen LogP contribution in [0.25, 0.3) is 0 Å². The number of hydrogen-bond acceptors (Lipinski definition) is 3. The summed E-state index contributed by atoms with van der Waals surface area (Å²) in [5.74, 6) is 0.665. The lowest BCUT2D eigenvalue weighted by atomic mass is 9.95. The van der Waals surface area contributed by atoms with Crippen molar-refractivity contribution in [1.29, 1.82) is 0 Å². The monoisotopic (exact) mass is 187 g/mol. The van der Waals surface area contributed by atoms with E-state index >= 15 is 0 Å². The maximum atomic E-state index is 11.6. The van der Waals surface area contributed by atoms with E-state index in [9.17, 15) is 9.59 Å². The van der Waals surface area contributed by atoms with E-state index in [4.69, 9.17) is 0 Å². The van der Waals surface area contributed by atoms with Crippen LogP contribution in [0.1, 0.15) is 20.8 Å². The summed E-state index contributed by atoms with van der Waals surface area (Å²) < 4.78 is 0. The van der Waals surface area contributed by atoms with Gasteiger partial charge in [-0.3, -0.25) is 14.5 Å². The van der Waals surface area contributed by atoms with E-state index in [0.717, 1.165) is 5.75 Å². The predicted octanol–water partition coefficient (Wildman–Crippen LogP) is 1.73. The van der Waals surface area contributed by atoms with E-state index in [2.05, 4.69) is 0 Å². The molecule has 0 saturated carbocycles. The number of hydrogen-bond donors (Lipinski definition) is 0. The largest absolute Gasteiger partial charge is 0.288 e. The van der Waals surface area contributed by atoms with Gasteiger partial charge < -0.3 is 0 Å². The van der Waals surface area contributed by atoms with Gasteiger partial charge in [-0.1, -0.05) is 32.5 Å². The second-order valence-corrected chi connectivity index (χ2v) is 4.87. The fourth-order valence-electron chi connectivity index (χ4n) is 0.983. The lowest BCUT2D eigenvalue weighted by Crippen LogP contribution is -2.39. The molecule has 1 fully saturated rings. The number of carbonyl (C=O) groups excluding carboxylic acids is 2. The Morgan fingerprint density at radius 2 is 2.08 bits per heavy atom. The minimum Gasteiger partial charge on any atom is -0.274 e. The Bertz CT molecular complexity index is 220. The third kappa shape index (κ3) is 1.80. The molecule has 0 aromatic carbocycles. The van der Waals surface area contributed by atoms with Crippen molar-refractivity contribution in [2.45, 2.75) is 20.8 Å². The first-order chi connectivity index (χ1) is 5.43. The van der Waals surface area contributed by atoms with Crippen molar-refractivity contribution in [3.8, 4) is 0 Å². The number of imide groups is 1. The molecule has 0 atom stereocenters. The molecule has 3 nitrogen and oxygen atoms in total. The fraction of sp³-hybridized carbons (Fsp3) is 0.750. The second-order valence-electron chi connectivity index (χ2n) is 3.82. The number of thioether (sulfide) groups is 1. The smallest absolute Gasteiger partial charge is 0.274 e. The molecular formula is C8H13NO2S. The Morgan fingerprint density at radius 3 is 2.42 bits per heavy atom. The quantitative estimate of drug-likeness (QED) is 0.579. The molecule has 1 saturated heterocycles. The van der Waals surface area contributed by atoms with Gasteiger partial charge in [0.05, 0.1) is 0 Å². The molecule has 4 heteroatoms. The van der Waals surface area contributed by atoms with Gasteiger partial charge >= 0.3 is 0 Å². The first kappa shape index (κ1) is 9.58. The number of rotatable bonds is 0. The predicted molar refractivity (Wildman–Crippen MR) is 49.0 cm³/mol. The van der Waals surface area contributed by atoms with Crippen molar-refractivity contribution in [2.75, 3.05) is 12.3 Å². The van der Waals surface area contributed by atoms with Gasteiger partial charge in [0, 0.05) is 17.7 Å². The van der Waals surface area contributed by atoms with Crippen LogP contribution in [0.3, 0.4) is 0 Å². The van der Waals surface area contributed by atoms with Crippen LogP contribution in [0.5, 0.6) is 0 Å². The molecule has 0 aliphatic carbocycles. The van der Waals surface area contributed by atoms with Gasteiger partial charge in [0.15, 0.2) is 0 Å². The first-order valence-corrected chi connectivity index (χ1v) is 4.90. The van der Waals surface area contributed by atoms with Crippen LogP contribution in [0.4, 0.5) is 4.79 Å². The van der Waals surface area contributed by atoms with E-state index in [1.54, 1.807) is 0 Å². The number of nitrogens with zero attached hydrogens (tertiary/aromatic N) is 1. The molecule has 68 valence electrons. The van der Waals surface area contributed by atoms with Gasteiger partial charge in [0.1, 0.15) is 0 Å². The highest BCUT2D eigenvalue weighted by molar-refractivity contribution is 8.13. The average molecular weight is 187 g/mol. The topological polar surface area (TPSA) is 37.4 Å². The van der Waals surface area contributed by atoms with Gasteiger partial charge in [0.25, 0.3) is 5.24 Å². The molecule has 1 rings (SSSR count). The van der Waals surface area contributed by atoms with E-state index in [-0.39, 0.29) is 11.1 Å². The van der Waals surface area contributed by atoms with Gasteiger partial charge in [-0.15, -0.1) is 0 Å². The Morgan fingerprint density at radius 1 is 1.50 bits per heavy atom. The maximum Gasteiger partial charge on any atom is 0.288 e. The molecule has 0 N–H and O–H groups in total. The summed E-state index contributed by atoms with van der Waals surface area (Å²) >= 11 is 1.22. The molecule has 0 bridgehead atoms. The van der Waals surface area contributed by atoms with Crippen molar-refractivity contribution in [3.63, 3.8) is 0 Å². The van der Waals surface area contributed by atoms with Crippen LogP contribution in [0, 0.1) is 5.41 Å². The van der Waals surface area contributed by atoms with Crippen LogP contribution < -0.4 is 0 Å². The standard InChI is InChI=1S/C8H13NO2S/c1-8(2,3)6(10)9-4-5-12-7(9)11/h4-5H2,1-3H3. The average Bonchev–Trinajstić information content (AvgIpc) is 2.31. The van der Waals surface area contributed by atoms with Crippen molar-refractivity contribution in [3.05, 3.63) is 0 Å². The Kier molecular flexibility index (Phi) is 2.46. The molecular weight excluding hydrogens is 174 g/mol. The molecule has 1 heterocycles. The van der Waals surface area contributed by atoms with E-state index in [0.29, 0.717) is 6.54 Å². The first-order valence-electron chi connectivity index (χ1n) is 3.91. The molecule has 0 aromatic heterocycles. The lowest BCUT2D eigenvalue weighted by molar-refractivity contribution is -0.135. The highest BCUT2D eigenvalue weighted by Crippen LogP contribution is 2.24. The van der Waals surface area contributed by atoms with E-state index in [1.807, 2.05) is 20.8 Å². The second kappa shape index (κ2) is 3.09. The van der Waals surface area contributed by atoms with Crippen LogP contribution in [-0.4, -0.2) is 28.3 Å². The maximum absolute atomic E-state index is 11.6. The van der Waals surface area contributed by atoms with Gasteiger partial charge in [-0.2, -0.15) is 0 Å². The summed E-state index contributed by atoms with van der Waals surface area (Å²) in [7, 11) is 0. The molecule has 0 unspecified atom stereocenters. The minimum atomic E-state index is -0.444. The minimum absolute atomic E-state index is 0.0718. The van der Waals surface area contributed by atoms with Gasteiger partial charge in [-0.05, 0) is 0 Å². The molecule has 0 spiro atoms. The summed E-state index contributed by atoms with van der Waals surface area (Å²) in [5, 5.41) is -0.102. The van der Waals surface area contributed by atoms with Crippen LogP contribution >= 0.6 is 11.8 Å². The van der Waals surface area contributed by atoms with E-state index < -0.39 is 5.41 Å². The van der Waals surface area contributed by atoms with Crippen molar-refractivity contribution in [1.82, 2.24) is 4.90 Å². The van der Waals surface area contributed by atoms with Crippen molar-refractivity contribution < 1.29 is 9.59 Å². The normalized spacial score (nSPS) is 18.6. The summed E-state index contributed by atoms with van der Waals surface area (Å²) in [6, 6.07) is 0. The summed E-state index contributed by atoms with van der Waals surface area (Å²) in [6.45, 7) is 6.04.